The van der Waals surface area contributed by atoms with Crippen LogP contribution in [0.1, 0.15) is 11.1 Å². The van der Waals surface area contributed by atoms with E-state index >= 15 is 0 Å². The van der Waals surface area contributed by atoms with E-state index < -0.39 is 4.92 Å². The number of nitrogens with zero attached hydrogens (tertiary/aromatic N) is 1. The smallest absolute Gasteiger partial charge is 0.272 e. The molecule has 2 aromatic carbocycles. The van der Waals surface area contributed by atoms with Crippen molar-refractivity contribution >= 4 is 11.6 Å². The Balaban J connectivity index is 1.76. The highest BCUT2D eigenvalue weighted by Gasteiger charge is 2.11. The van der Waals surface area contributed by atoms with Crippen molar-refractivity contribution in [2.75, 3.05) is 13.2 Å². The van der Waals surface area contributed by atoms with Crippen LogP contribution in [-0.4, -0.2) is 24.0 Å². The quantitative estimate of drug-likeness (QED) is 0.624. The number of aryl methyl sites for hydroxylation is 1. The molecule has 0 heterocycles. The van der Waals surface area contributed by atoms with Gasteiger partial charge in [0.2, 0.25) is 0 Å². The van der Waals surface area contributed by atoms with Gasteiger partial charge in [0.05, 0.1) is 4.92 Å². The van der Waals surface area contributed by atoms with Gasteiger partial charge in [0, 0.05) is 18.2 Å². The zero-order chi connectivity index (χ0) is 17.5. The fourth-order valence-electron chi connectivity index (χ4n) is 2.12. The number of ether oxygens (including phenoxy) is 1. The molecule has 0 aliphatic rings. The third-order valence-electron chi connectivity index (χ3n) is 3.38. The number of hydrogen-bond donors (Lipinski definition) is 1. The van der Waals surface area contributed by atoms with Gasteiger partial charge in [-0.2, -0.15) is 0 Å². The van der Waals surface area contributed by atoms with E-state index in [9.17, 15) is 19.3 Å². The number of benzene rings is 2. The van der Waals surface area contributed by atoms with Gasteiger partial charge >= 0.3 is 0 Å². The van der Waals surface area contributed by atoms with Crippen LogP contribution in [0, 0.1) is 22.9 Å². The number of carbonyl (C=O) groups is 1. The minimum atomic E-state index is -0.471. The van der Waals surface area contributed by atoms with E-state index in [2.05, 4.69) is 5.32 Å². The molecule has 6 nitrogen and oxygen atoms in total. The Kier molecular flexibility index (Phi) is 5.83. The Morgan fingerprint density at radius 1 is 1.25 bits per heavy atom. The Morgan fingerprint density at radius 2 is 1.96 bits per heavy atom. The van der Waals surface area contributed by atoms with Gasteiger partial charge in [0.25, 0.3) is 11.6 Å². The normalized spacial score (nSPS) is 10.2. The lowest BCUT2D eigenvalue weighted by molar-refractivity contribution is -0.385. The molecule has 24 heavy (non-hydrogen) atoms. The summed E-state index contributed by atoms with van der Waals surface area (Å²) in [6, 6.07) is 10.4. The molecular formula is C17H17FN2O4. The SMILES string of the molecule is Cc1cc(OCC(=O)NCCc2ccc(F)cc2)ccc1[N+](=O)[O-]. The number of halogens is 1. The number of amides is 1. The van der Waals surface area contributed by atoms with Crippen molar-refractivity contribution in [2.24, 2.45) is 0 Å². The van der Waals surface area contributed by atoms with Gasteiger partial charge in [-0.05, 0) is 43.2 Å². The van der Waals surface area contributed by atoms with Gasteiger partial charge in [0.15, 0.2) is 6.61 Å². The van der Waals surface area contributed by atoms with Crippen LogP contribution >= 0.6 is 0 Å². The summed E-state index contributed by atoms with van der Waals surface area (Å²) in [7, 11) is 0. The standard InChI is InChI=1S/C17H17FN2O4/c1-12-10-15(6-7-16(12)20(22)23)24-11-17(21)19-9-8-13-2-4-14(18)5-3-13/h2-7,10H,8-9,11H2,1H3,(H,19,21). The predicted octanol–water partition coefficient (Wildman–Crippen LogP) is 2.78. The summed E-state index contributed by atoms with van der Waals surface area (Å²) in [5.41, 5.74) is 1.39. The van der Waals surface area contributed by atoms with Crippen LogP contribution in [0.4, 0.5) is 10.1 Å². The zero-order valence-electron chi connectivity index (χ0n) is 13.1. The number of rotatable bonds is 7. The van der Waals surface area contributed by atoms with Crippen molar-refractivity contribution in [3.05, 3.63) is 69.5 Å². The van der Waals surface area contributed by atoms with Gasteiger partial charge in [0.1, 0.15) is 11.6 Å². The Hall–Kier alpha value is -2.96. The monoisotopic (exact) mass is 332 g/mol. The lowest BCUT2D eigenvalue weighted by Gasteiger charge is -2.08. The molecule has 0 saturated carbocycles. The highest BCUT2D eigenvalue weighted by molar-refractivity contribution is 5.77. The lowest BCUT2D eigenvalue weighted by atomic mass is 10.1. The fraction of sp³-hybridized carbons (Fsp3) is 0.235. The van der Waals surface area contributed by atoms with E-state index in [0.717, 1.165) is 5.56 Å². The number of carbonyl (C=O) groups excluding carboxylic acids is 1. The third kappa shape index (κ3) is 5.05. The number of hydrogen-bond acceptors (Lipinski definition) is 4. The van der Waals surface area contributed by atoms with E-state index in [0.29, 0.717) is 24.3 Å². The van der Waals surface area contributed by atoms with E-state index in [1.807, 2.05) is 0 Å². The summed E-state index contributed by atoms with van der Waals surface area (Å²) in [6.45, 7) is 1.83. The zero-order valence-corrected chi connectivity index (χ0v) is 13.1. The van der Waals surface area contributed by atoms with E-state index in [-0.39, 0.29) is 24.0 Å². The maximum Gasteiger partial charge on any atom is 0.272 e. The van der Waals surface area contributed by atoms with Crippen molar-refractivity contribution < 1.29 is 18.8 Å². The molecule has 0 spiro atoms. The minimum absolute atomic E-state index is 0.00565. The van der Waals surface area contributed by atoms with Crippen molar-refractivity contribution in [2.45, 2.75) is 13.3 Å². The minimum Gasteiger partial charge on any atom is -0.484 e. The molecule has 126 valence electrons. The van der Waals surface area contributed by atoms with E-state index in [1.54, 1.807) is 19.1 Å². The molecule has 1 N–H and O–H groups in total. The molecule has 2 rings (SSSR count). The van der Waals surface area contributed by atoms with Crippen LogP contribution in [0.2, 0.25) is 0 Å². The molecule has 0 atom stereocenters. The topological polar surface area (TPSA) is 81.5 Å². The van der Waals surface area contributed by atoms with E-state index in [1.165, 1.54) is 30.3 Å². The largest absolute Gasteiger partial charge is 0.484 e. The van der Waals surface area contributed by atoms with Crippen molar-refractivity contribution in [3.8, 4) is 5.75 Å². The molecule has 0 unspecified atom stereocenters. The van der Waals surface area contributed by atoms with Crippen LogP contribution in [0.25, 0.3) is 0 Å². The maximum absolute atomic E-state index is 12.8. The van der Waals surface area contributed by atoms with Crippen LogP contribution in [-0.2, 0) is 11.2 Å². The average molecular weight is 332 g/mol. The molecule has 2 aromatic rings. The summed E-state index contributed by atoms with van der Waals surface area (Å²) in [6.07, 6.45) is 0.586. The second kappa shape index (κ2) is 8.05. The van der Waals surface area contributed by atoms with Crippen molar-refractivity contribution in [1.29, 1.82) is 0 Å². The lowest BCUT2D eigenvalue weighted by Crippen LogP contribution is -2.30. The molecule has 7 heteroatoms. The Labute approximate surface area is 138 Å². The van der Waals surface area contributed by atoms with Gasteiger partial charge in [-0.15, -0.1) is 0 Å². The van der Waals surface area contributed by atoms with Gasteiger partial charge in [-0.3, -0.25) is 14.9 Å². The summed E-state index contributed by atoms with van der Waals surface area (Å²) < 4.78 is 18.1. The first-order chi connectivity index (χ1) is 11.5. The van der Waals surface area contributed by atoms with Crippen LogP contribution in [0.15, 0.2) is 42.5 Å². The van der Waals surface area contributed by atoms with Crippen molar-refractivity contribution in [3.63, 3.8) is 0 Å². The maximum atomic E-state index is 12.8. The fourth-order valence-corrected chi connectivity index (χ4v) is 2.12. The second-order valence-electron chi connectivity index (χ2n) is 5.22. The Bertz CT molecular complexity index is 732. The highest BCUT2D eigenvalue weighted by Crippen LogP contribution is 2.22. The summed E-state index contributed by atoms with van der Waals surface area (Å²) in [4.78, 5) is 22.0. The molecule has 0 aliphatic carbocycles. The number of nitro benzene ring substituents is 1. The summed E-state index contributed by atoms with van der Waals surface area (Å²) in [5, 5.41) is 13.4. The summed E-state index contributed by atoms with van der Waals surface area (Å²) in [5.74, 6) is -0.200. The second-order valence-corrected chi connectivity index (χ2v) is 5.22. The molecule has 0 aromatic heterocycles. The third-order valence-corrected chi connectivity index (χ3v) is 3.38. The van der Waals surface area contributed by atoms with Gasteiger partial charge in [-0.25, -0.2) is 4.39 Å². The van der Waals surface area contributed by atoms with Gasteiger partial charge in [-0.1, -0.05) is 12.1 Å². The summed E-state index contributed by atoms with van der Waals surface area (Å²) >= 11 is 0. The Morgan fingerprint density at radius 3 is 2.58 bits per heavy atom. The predicted molar refractivity (Wildman–Crippen MR) is 86.4 cm³/mol. The molecule has 0 bridgehead atoms. The van der Waals surface area contributed by atoms with Crippen LogP contribution in [0.5, 0.6) is 5.75 Å². The van der Waals surface area contributed by atoms with Crippen LogP contribution in [0.3, 0.4) is 0 Å². The number of nitro groups is 1. The first-order valence-electron chi connectivity index (χ1n) is 7.34. The average Bonchev–Trinajstić information content (AvgIpc) is 2.54. The van der Waals surface area contributed by atoms with Crippen molar-refractivity contribution in [1.82, 2.24) is 5.32 Å². The first-order valence-corrected chi connectivity index (χ1v) is 7.34. The molecule has 0 fully saturated rings. The molecule has 0 saturated heterocycles. The first kappa shape index (κ1) is 17.4. The molecule has 0 aliphatic heterocycles. The number of nitrogens with one attached hydrogen (secondary N) is 1. The van der Waals surface area contributed by atoms with Crippen LogP contribution < -0.4 is 10.1 Å². The van der Waals surface area contributed by atoms with E-state index in [4.69, 9.17) is 4.74 Å². The van der Waals surface area contributed by atoms with Gasteiger partial charge < -0.3 is 10.1 Å². The highest BCUT2D eigenvalue weighted by atomic mass is 19.1. The molecule has 1 amide bonds. The molecule has 0 radical (unpaired) electrons. The molecular weight excluding hydrogens is 315 g/mol.